The Balaban J connectivity index is 1.79. The van der Waals surface area contributed by atoms with E-state index in [1.807, 2.05) is 6.07 Å². The normalized spacial score (nSPS) is 11.0. The van der Waals surface area contributed by atoms with E-state index >= 15 is 0 Å². The van der Waals surface area contributed by atoms with Gasteiger partial charge in [-0.1, -0.05) is 6.07 Å². The molecule has 9 heteroatoms. The Bertz CT molecular complexity index is 765. The van der Waals surface area contributed by atoms with Gasteiger partial charge < -0.3 is 15.0 Å². The molecule has 0 radical (unpaired) electrons. The largest absolute Gasteiger partial charge is 0.573 e. The highest BCUT2D eigenvalue weighted by Crippen LogP contribution is 2.23. The number of likely N-dealkylation sites (N-methyl/N-ethyl adjacent to an activating group) is 1. The van der Waals surface area contributed by atoms with Crippen LogP contribution >= 0.6 is 0 Å². The summed E-state index contributed by atoms with van der Waals surface area (Å²) in [6, 6.07) is 8.38. The summed E-state index contributed by atoms with van der Waals surface area (Å²) in [5.74, 6) is -1.05. The van der Waals surface area contributed by atoms with Crippen molar-refractivity contribution in [3.8, 4) is 5.75 Å². The zero-order valence-corrected chi connectivity index (χ0v) is 14.5. The SMILES string of the molecule is CN(CC(=O)Nc1ccc(OC(F)(F)F)cc1)C(=O)CCc1cccnc1. The van der Waals surface area contributed by atoms with Crippen LogP contribution in [-0.4, -0.2) is 41.7 Å². The first-order chi connectivity index (χ1) is 12.7. The molecule has 27 heavy (non-hydrogen) atoms. The highest BCUT2D eigenvalue weighted by molar-refractivity contribution is 5.94. The number of nitrogens with zero attached hydrogens (tertiary/aromatic N) is 2. The predicted octanol–water partition coefficient (Wildman–Crippen LogP) is 3.01. The first kappa shape index (κ1) is 20.2. The van der Waals surface area contributed by atoms with Gasteiger partial charge in [0.25, 0.3) is 0 Å². The standard InChI is InChI=1S/C18H18F3N3O3/c1-24(17(26)9-4-13-3-2-10-22-11-13)12-16(25)23-14-5-7-15(8-6-14)27-18(19,20)21/h2-3,5-8,10-11H,4,9,12H2,1H3,(H,23,25). The molecule has 0 saturated carbocycles. The zero-order valence-electron chi connectivity index (χ0n) is 14.5. The van der Waals surface area contributed by atoms with Crippen LogP contribution in [0, 0.1) is 0 Å². The van der Waals surface area contributed by atoms with Crippen molar-refractivity contribution in [1.82, 2.24) is 9.88 Å². The van der Waals surface area contributed by atoms with Gasteiger partial charge in [0.1, 0.15) is 5.75 Å². The van der Waals surface area contributed by atoms with Crippen molar-refractivity contribution in [2.24, 2.45) is 0 Å². The molecule has 0 atom stereocenters. The lowest BCUT2D eigenvalue weighted by Crippen LogP contribution is -2.35. The molecular formula is C18H18F3N3O3. The topological polar surface area (TPSA) is 71.5 Å². The van der Waals surface area contributed by atoms with Crippen LogP contribution in [0.3, 0.4) is 0 Å². The number of hydrogen-bond donors (Lipinski definition) is 1. The Morgan fingerprint density at radius 3 is 2.48 bits per heavy atom. The summed E-state index contributed by atoms with van der Waals surface area (Å²) in [7, 11) is 1.51. The van der Waals surface area contributed by atoms with Crippen molar-refractivity contribution in [2.45, 2.75) is 19.2 Å². The van der Waals surface area contributed by atoms with Crippen molar-refractivity contribution in [3.63, 3.8) is 0 Å². The molecule has 1 heterocycles. The second-order valence-electron chi connectivity index (χ2n) is 5.73. The number of rotatable bonds is 7. The van der Waals surface area contributed by atoms with Crippen LogP contribution in [0.15, 0.2) is 48.8 Å². The van der Waals surface area contributed by atoms with Crippen LogP contribution < -0.4 is 10.1 Å². The smallest absolute Gasteiger partial charge is 0.406 e. The van der Waals surface area contributed by atoms with E-state index in [2.05, 4.69) is 15.0 Å². The van der Waals surface area contributed by atoms with E-state index in [4.69, 9.17) is 0 Å². The van der Waals surface area contributed by atoms with Crippen molar-refractivity contribution in [2.75, 3.05) is 18.9 Å². The Labute approximate surface area is 154 Å². The molecule has 2 rings (SSSR count). The summed E-state index contributed by atoms with van der Waals surface area (Å²) >= 11 is 0. The van der Waals surface area contributed by atoms with Gasteiger partial charge in [-0.25, -0.2) is 0 Å². The number of aryl methyl sites for hydroxylation is 1. The van der Waals surface area contributed by atoms with E-state index < -0.39 is 12.3 Å². The fraction of sp³-hybridized carbons (Fsp3) is 0.278. The molecule has 1 aromatic carbocycles. The molecule has 0 aliphatic carbocycles. The number of pyridine rings is 1. The second kappa shape index (κ2) is 9.02. The molecule has 6 nitrogen and oxygen atoms in total. The van der Waals surface area contributed by atoms with E-state index in [0.29, 0.717) is 12.1 Å². The van der Waals surface area contributed by atoms with Crippen LogP contribution in [0.25, 0.3) is 0 Å². The molecule has 0 unspecified atom stereocenters. The number of nitrogens with one attached hydrogen (secondary N) is 1. The van der Waals surface area contributed by atoms with Gasteiger partial charge in [0, 0.05) is 31.5 Å². The second-order valence-corrected chi connectivity index (χ2v) is 5.73. The molecule has 0 spiro atoms. The average molecular weight is 381 g/mol. The van der Waals surface area contributed by atoms with Crippen molar-refractivity contribution < 1.29 is 27.5 Å². The minimum Gasteiger partial charge on any atom is -0.406 e. The molecule has 2 aromatic rings. The van der Waals surface area contributed by atoms with Crippen LogP contribution in [0.4, 0.5) is 18.9 Å². The van der Waals surface area contributed by atoms with Crippen molar-refractivity contribution in [3.05, 3.63) is 54.4 Å². The summed E-state index contributed by atoms with van der Waals surface area (Å²) in [5, 5.41) is 2.51. The molecular weight excluding hydrogens is 363 g/mol. The van der Waals surface area contributed by atoms with E-state index in [0.717, 1.165) is 17.7 Å². The molecule has 0 saturated heterocycles. The zero-order chi connectivity index (χ0) is 19.9. The Morgan fingerprint density at radius 2 is 1.89 bits per heavy atom. The molecule has 0 aliphatic rings. The van der Waals surface area contributed by atoms with Gasteiger partial charge in [-0.3, -0.25) is 14.6 Å². The highest BCUT2D eigenvalue weighted by Gasteiger charge is 2.30. The van der Waals surface area contributed by atoms with Gasteiger partial charge in [-0.15, -0.1) is 13.2 Å². The number of amides is 2. The van der Waals surface area contributed by atoms with Gasteiger partial charge in [0.2, 0.25) is 11.8 Å². The lowest BCUT2D eigenvalue weighted by molar-refractivity contribution is -0.274. The third-order valence-electron chi connectivity index (χ3n) is 3.53. The van der Waals surface area contributed by atoms with Crippen LogP contribution in [0.1, 0.15) is 12.0 Å². The highest BCUT2D eigenvalue weighted by atomic mass is 19.4. The van der Waals surface area contributed by atoms with Gasteiger partial charge in [0.05, 0.1) is 6.54 Å². The predicted molar refractivity (Wildman–Crippen MR) is 91.9 cm³/mol. The van der Waals surface area contributed by atoms with Crippen molar-refractivity contribution >= 4 is 17.5 Å². The Morgan fingerprint density at radius 1 is 1.19 bits per heavy atom. The van der Waals surface area contributed by atoms with E-state index in [1.54, 1.807) is 18.5 Å². The van der Waals surface area contributed by atoms with Crippen LogP contribution in [-0.2, 0) is 16.0 Å². The summed E-state index contributed by atoms with van der Waals surface area (Å²) in [4.78, 5) is 29.3. The lowest BCUT2D eigenvalue weighted by Gasteiger charge is -2.17. The fourth-order valence-electron chi connectivity index (χ4n) is 2.23. The monoisotopic (exact) mass is 381 g/mol. The molecule has 1 aromatic heterocycles. The number of carbonyl (C=O) groups is 2. The van der Waals surface area contributed by atoms with Gasteiger partial charge in [0.15, 0.2) is 0 Å². The Kier molecular flexibility index (Phi) is 6.75. The van der Waals surface area contributed by atoms with Gasteiger partial charge in [-0.2, -0.15) is 0 Å². The molecule has 144 valence electrons. The summed E-state index contributed by atoms with van der Waals surface area (Å²) in [5.41, 5.74) is 1.22. The third kappa shape index (κ3) is 7.35. The number of carbonyl (C=O) groups excluding carboxylic acids is 2. The molecule has 1 N–H and O–H groups in total. The molecule has 0 bridgehead atoms. The fourth-order valence-corrected chi connectivity index (χ4v) is 2.23. The van der Waals surface area contributed by atoms with Crippen molar-refractivity contribution in [1.29, 1.82) is 0 Å². The van der Waals surface area contributed by atoms with E-state index in [-0.39, 0.29) is 24.6 Å². The number of halogens is 3. The number of benzene rings is 1. The first-order valence-corrected chi connectivity index (χ1v) is 8.01. The maximum absolute atomic E-state index is 12.1. The number of aromatic nitrogens is 1. The number of hydrogen-bond acceptors (Lipinski definition) is 4. The minimum absolute atomic E-state index is 0.174. The summed E-state index contributed by atoms with van der Waals surface area (Å²) < 4.78 is 40.1. The maximum atomic E-state index is 12.1. The van der Waals surface area contributed by atoms with Crippen LogP contribution in [0.2, 0.25) is 0 Å². The van der Waals surface area contributed by atoms with Gasteiger partial charge >= 0.3 is 6.36 Å². The van der Waals surface area contributed by atoms with Crippen LogP contribution in [0.5, 0.6) is 5.75 Å². The average Bonchev–Trinajstić information content (AvgIpc) is 2.61. The van der Waals surface area contributed by atoms with E-state index in [9.17, 15) is 22.8 Å². The van der Waals surface area contributed by atoms with Gasteiger partial charge in [-0.05, 0) is 42.3 Å². The quantitative estimate of drug-likeness (QED) is 0.800. The number of anilines is 1. The number of ether oxygens (including phenoxy) is 1. The number of alkyl halides is 3. The summed E-state index contributed by atoms with van der Waals surface area (Å²) in [6.07, 6.45) is -0.711. The molecule has 2 amide bonds. The molecule has 0 aliphatic heterocycles. The summed E-state index contributed by atoms with van der Waals surface area (Å²) in [6.45, 7) is -0.174. The molecule has 0 fully saturated rings. The third-order valence-corrected chi connectivity index (χ3v) is 3.53. The first-order valence-electron chi connectivity index (χ1n) is 8.01. The lowest BCUT2D eigenvalue weighted by atomic mass is 10.1. The van der Waals surface area contributed by atoms with E-state index in [1.165, 1.54) is 24.1 Å². The maximum Gasteiger partial charge on any atom is 0.573 e. The minimum atomic E-state index is -4.77. The Hall–Kier alpha value is -3.10.